The van der Waals surface area contributed by atoms with E-state index in [2.05, 4.69) is 21.0 Å². The van der Waals surface area contributed by atoms with Gasteiger partial charge in [-0.05, 0) is 43.5 Å². The van der Waals surface area contributed by atoms with Crippen molar-refractivity contribution in [1.82, 2.24) is 5.01 Å². The lowest BCUT2D eigenvalue weighted by Gasteiger charge is -2.38. The topological polar surface area (TPSA) is 52.9 Å². The molecule has 1 aliphatic heterocycles. The minimum absolute atomic E-state index is 0.0406. The third kappa shape index (κ3) is 2.57. The summed E-state index contributed by atoms with van der Waals surface area (Å²) in [5.74, 6) is -2.14. The molecule has 2 aliphatic rings. The Morgan fingerprint density at radius 2 is 1.96 bits per heavy atom. The molecule has 0 spiro atoms. The van der Waals surface area contributed by atoms with E-state index in [0.717, 1.165) is 0 Å². The second-order valence-electron chi connectivity index (χ2n) is 5.74. The van der Waals surface area contributed by atoms with E-state index in [-0.39, 0.29) is 22.7 Å². The van der Waals surface area contributed by atoms with E-state index < -0.39 is 23.7 Å². The average molecular weight is 391 g/mol. The second-order valence-corrected chi connectivity index (χ2v) is 6.65. The van der Waals surface area contributed by atoms with E-state index in [4.69, 9.17) is 0 Å². The lowest BCUT2D eigenvalue weighted by atomic mass is 9.80. The van der Waals surface area contributed by atoms with Crippen molar-refractivity contribution in [2.75, 3.05) is 0 Å². The third-order valence-corrected chi connectivity index (χ3v) is 4.84. The number of aliphatic hydroxyl groups is 1. The van der Waals surface area contributed by atoms with Crippen molar-refractivity contribution in [2.45, 2.75) is 37.6 Å². The summed E-state index contributed by atoms with van der Waals surface area (Å²) in [6.07, 6.45) is -3.16. The van der Waals surface area contributed by atoms with Crippen LogP contribution >= 0.6 is 15.9 Å². The first-order valence-electron chi connectivity index (χ1n) is 7.21. The van der Waals surface area contributed by atoms with Crippen LogP contribution in [0.2, 0.25) is 0 Å². The van der Waals surface area contributed by atoms with Crippen LogP contribution in [-0.4, -0.2) is 33.6 Å². The summed E-state index contributed by atoms with van der Waals surface area (Å²) in [5.41, 5.74) is -2.98. The van der Waals surface area contributed by atoms with Crippen LogP contribution < -0.4 is 0 Å². The van der Waals surface area contributed by atoms with Crippen molar-refractivity contribution in [3.63, 3.8) is 0 Å². The maximum atomic E-state index is 13.6. The molecule has 4 nitrogen and oxygen atoms in total. The van der Waals surface area contributed by atoms with Crippen LogP contribution in [0.3, 0.4) is 0 Å². The van der Waals surface area contributed by atoms with Crippen molar-refractivity contribution >= 4 is 27.5 Å². The third-order valence-electron chi connectivity index (χ3n) is 4.32. The number of nitrogens with zero attached hydrogens (tertiary/aromatic N) is 2. The highest BCUT2D eigenvalue weighted by molar-refractivity contribution is 9.10. The van der Waals surface area contributed by atoms with Gasteiger partial charge in [0.25, 0.3) is 11.6 Å². The van der Waals surface area contributed by atoms with Crippen molar-refractivity contribution in [1.29, 1.82) is 0 Å². The van der Waals surface area contributed by atoms with Gasteiger partial charge in [0.05, 0.1) is 5.92 Å². The fourth-order valence-electron chi connectivity index (χ4n) is 3.13. The summed E-state index contributed by atoms with van der Waals surface area (Å²) < 4.78 is 41.4. The molecular weight excluding hydrogens is 377 g/mol. The number of fused-ring (bicyclic) bond motifs is 1. The Hall–Kier alpha value is -1.41. The van der Waals surface area contributed by atoms with Gasteiger partial charge in [0.15, 0.2) is 0 Å². The van der Waals surface area contributed by atoms with Crippen molar-refractivity contribution in [2.24, 2.45) is 11.0 Å². The lowest BCUT2D eigenvalue weighted by molar-refractivity contribution is -0.312. The van der Waals surface area contributed by atoms with Crippen LogP contribution in [-0.2, 0) is 0 Å². The lowest BCUT2D eigenvalue weighted by Crippen LogP contribution is -2.61. The number of hydrazone groups is 1. The quantitative estimate of drug-likeness (QED) is 0.794. The maximum Gasteiger partial charge on any atom is 0.439 e. The first kappa shape index (κ1) is 16.4. The number of benzene rings is 1. The number of alkyl halides is 3. The first-order chi connectivity index (χ1) is 10.7. The maximum absolute atomic E-state index is 13.6. The van der Waals surface area contributed by atoms with Crippen molar-refractivity contribution < 1.29 is 23.1 Å². The van der Waals surface area contributed by atoms with Crippen LogP contribution in [0.5, 0.6) is 0 Å². The van der Waals surface area contributed by atoms with E-state index in [9.17, 15) is 23.1 Å². The van der Waals surface area contributed by atoms with Gasteiger partial charge in [0.1, 0.15) is 0 Å². The van der Waals surface area contributed by atoms with Crippen LogP contribution in [0.1, 0.15) is 36.0 Å². The molecule has 1 aromatic carbocycles. The van der Waals surface area contributed by atoms with Gasteiger partial charge in [-0.25, -0.2) is 0 Å². The fraction of sp³-hybridized carbons (Fsp3) is 0.467. The van der Waals surface area contributed by atoms with E-state index in [0.29, 0.717) is 23.7 Å². The molecule has 23 heavy (non-hydrogen) atoms. The molecule has 3 rings (SSSR count). The molecule has 0 bridgehead atoms. The predicted molar refractivity (Wildman–Crippen MR) is 80.7 cm³/mol. The molecule has 2 atom stereocenters. The Morgan fingerprint density at radius 3 is 2.57 bits per heavy atom. The van der Waals surface area contributed by atoms with E-state index in [1.54, 1.807) is 12.1 Å². The molecule has 0 unspecified atom stereocenters. The zero-order valence-electron chi connectivity index (χ0n) is 12.0. The summed E-state index contributed by atoms with van der Waals surface area (Å²) in [5, 5.41) is 14.5. The minimum Gasteiger partial charge on any atom is -0.362 e. The fourth-order valence-corrected chi connectivity index (χ4v) is 3.40. The molecule has 8 heteroatoms. The van der Waals surface area contributed by atoms with Gasteiger partial charge >= 0.3 is 6.18 Å². The highest BCUT2D eigenvalue weighted by Gasteiger charge is 2.68. The number of carbonyl (C=O) groups excluding carboxylic acids is 1. The number of amides is 1. The Kier molecular flexibility index (Phi) is 4.00. The van der Waals surface area contributed by atoms with Gasteiger partial charge < -0.3 is 5.11 Å². The SMILES string of the molecule is O=C(c1ccc(Br)cc1)N1N=C2CCCC[C@H]2[C@@]1(O)C(F)(F)F. The normalized spacial score (nSPS) is 27.6. The Morgan fingerprint density at radius 1 is 1.30 bits per heavy atom. The van der Waals surface area contributed by atoms with Crippen molar-refractivity contribution in [3.05, 3.63) is 34.3 Å². The van der Waals surface area contributed by atoms with E-state index in [1.807, 2.05) is 0 Å². The molecule has 1 amide bonds. The molecule has 1 fully saturated rings. The second kappa shape index (κ2) is 5.59. The smallest absolute Gasteiger partial charge is 0.362 e. The molecule has 1 N–H and O–H groups in total. The molecule has 0 saturated heterocycles. The van der Waals surface area contributed by atoms with Crippen LogP contribution in [0, 0.1) is 5.92 Å². The number of hydrogen-bond acceptors (Lipinski definition) is 3. The summed E-state index contributed by atoms with van der Waals surface area (Å²) in [7, 11) is 0. The summed E-state index contributed by atoms with van der Waals surface area (Å²) in [6.45, 7) is 0. The molecule has 1 aromatic rings. The molecule has 0 aromatic heterocycles. The van der Waals surface area contributed by atoms with Gasteiger partial charge in [-0.15, -0.1) is 0 Å². The first-order valence-corrected chi connectivity index (χ1v) is 8.01. The molecule has 0 radical (unpaired) electrons. The number of carbonyl (C=O) groups is 1. The highest BCUT2D eigenvalue weighted by Crippen LogP contribution is 2.48. The average Bonchev–Trinajstić information content (AvgIpc) is 2.82. The summed E-state index contributed by atoms with van der Waals surface area (Å²) in [6, 6.07) is 5.89. The van der Waals surface area contributed by atoms with Gasteiger partial charge in [-0.1, -0.05) is 22.4 Å². The van der Waals surface area contributed by atoms with Crippen LogP contribution in [0.15, 0.2) is 33.8 Å². The van der Waals surface area contributed by atoms with Gasteiger partial charge in [0.2, 0.25) is 0 Å². The number of hydrogen-bond donors (Lipinski definition) is 1. The van der Waals surface area contributed by atoms with Crippen molar-refractivity contribution in [3.8, 4) is 0 Å². The predicted octanol–water partition coefficient (Wildman–Crippen LogP) is 3.70. The Bertz CT molecular complexity index is 660. The molecule has 1 aliphatic carbocycles. The molecule has 1 heterocycles. The van der Waals surface area contributed by atoms with E-state index >= 15 is 0 Å². The standard InChI is InChI=1S/C15H14BrF3N2O2/c16-10-7-5-9(6-8-10)13(22)21-14(23,15(17,18)19)11-3-1-2-4-12(11)20-21/h5-8,11,23H,1-4H2/t11-,14-/m1/s1. The molecule has 124 valence electrons. The summed E-state index contributed by atoms with van der Waals surface area (Å²) in [4.78, 5) is 12.5. The van der Waals surface area contributed by atoms with Gasteiger partial charge in [-0.2, -0.15) is 23.3 Å². The Balaban J connectivity index is 2.03. The van der Waals surface area contributed by atoms with E-state index in [1.165, 1.54) is 12.1 Å². The van der Waals surface area contributed by atoms with Crippen LogP contribution in [0.25, 0.3) is 0 Å². The van der Waals surface area contributed by atoms with Gasteiger partial charge in [-0.3, -0.25) is 4.79 Å². The molecule has 1 saturated carbocycles. The molecular formula is C15H14BrF3N2O2. The monoisotopic (exact) mass is 390 g/mol. The minimum atomic E-state index is -4.98. The summed E-state index contributed by atoms with van der Waals surface area (Å²) >= 11 is 3.20. The number of rotatable bonds is 1. The Labute approximate surface area is 139 Å². The van der Waals surface area contributed by atoms with Crippen LogP contribution in [0.4, 0.5) is 13.2 Å². The zero-order chi connectivity index (χ0) is 16.8. The zero-order valence-corrected chi connectivity index (χ0v) is 13.6. The van der Waals surface area contributed by atoms with Gasteiger partial charge in [0, 0.05) is 15.7 Å². The largest absolute Gasteiger partial charge is 0.439 e. The number of halogens is 4. The highest BCUT2D eigenvalue weighted by atomic mass is 79.9.